The van der Waals surface area contributed by atoms with Crippen LogP contribution in [0.3, 0.4) is 0 Å². The molecule has 0 aromatic carbocycles. The van der Waals surface area contributed by atoms with Crippen molar-refractivity contribution in [3.63, 3.8) is 0 Å². The molecule has 0 fully saturated rings. The van der Waals surface area contributed by atoms with Crippen molar-refractivity contribution in [1.82, 2.24) is 5.32 Å². The number of unbranched alkanes of at least 4 members (excludes halogenated alkanes) is 65. The number of hydrogen-bond acceptors (Lipinski definition) is 5. The minimum absolute atomic E-state index is 0.0240. The lowest BCUT2D eigenvalue weighted by Gasteiger charge is -2.20. The van der Waals surface area contributed by atoms with E-state index in [1.807, 2.05) is 6.08 Å². The van der Waals surface area contributed by atoms with Crippen LogP contribution in [0, 0.1) is 0 Å². The Labute approximate surface area is 539 Å². The number of allylic oxidation sites excluding steroid dienone is 1. The summed E-state index contributed by atoms with van der Waals surface area (Å²) in [7, 11) is 0. The second-order valence-electron chi connectivity index (χ2n) is 27.8. The van der Waals surface area contributed by atoms with Crippen molar-refractivity contribution in [2.24, 2.45) is 0 Å². The number of nitrogens with one attached hydrogen (secondary N) is 1. The van der Waals surface area contributed by atoms with Crippen LogP contribution in [-0.2, 0) is 14.3 Å². The van der Waals surface area contributed by atoms with E-state index in [0.717, 1.165) is 38.5 Å². The maximum atomic E-state index is 12.6. The summed E-state index contributed by atoms with van der Waals surface area (Å²) in [4.78, 5) is 24.7. The molecule has 0 spiro atoms. The van der Waals surface area contributed by atoms with Gasteiger partial charge in [-0.05, 0) is 32.1 Å². The zero-order chi connectivity index (χ0) is 62.0. The zero-order valence-corrected chi connectivity index (χ0v) is 58.8. The molecule has 6 nitrogen and oxygen atoms in total. The maximum absolute atomic E-state index is 12.6. The second kappa shape index (κ2) is 76.1. The van der Waals surface area contributed by atoms with Crippen molar-refractivity contribution in [3.8, 4) is 0 Å². The largest absolute Gasteiger partial charge is 0.466 e. The molecule has 6 heteroatoms. The van der Waals surface area contributed by atoms with Crippen LogP contribution in [0.15, 0.2) is 12.2 Å². The predicted octanol–water partition coefficient (Wildman–Crippen LogP) is 26.3. The van der Waals surface area contributed by atoms with Crippen LogP contribution in [0.5, 0.6) is 0 Å². The van der Waals surface area contributed by atoms with Crippen molar-refractivity contribution < 1.29 is 24.5 Å². The number of hydrogen-bond donors (Lipinski definition) is 3. The molecule has 86 heavy (non-hydrogen) atoms. The molecule has 0 aliphatic rings. The van der Waals surface area contributed by atoms with Gasteiger partial charge in [-0.25, -0.2) is 0 Å². The Kier molecular flexibility index (Phi) is 74.8. The molecule has 0 aromatic heterocycles. The van der Waals surface area contributed by atoms with E-state index in [1.165, 1.54) is 398 Å². The molecule has 2 atom stereocenters. The standard InChI is InChI=1S/C80H157NO5/c1-3-5-7-9-11-13-15-17-19-21-23-24-30-33-37-40-44-48-52-56-60-64-68-72-78(83)77(76-82)81-79(84)73-69-65-61-57-53-49-45-41-38-34-31-28-26-25-27-29-32-35-39-43-47-51-55-59-63-67-71-75-86-80(85)74-70-66-62-58-54-50-46-42-36-22-20-18-16-14-12-10-8-6-4-2/h68,72,77-78,82-83H,3-67,69-71,73-76H2,1-2H3,(H,81,84)/b72-68+. The molecule has 1 amide bonds. The molecule has 0 heterocycles. The predicted molar refractivity (Wildman–Crippen MR) is 380 cm³/mol. The van der Waals surface area contributed by atoms with Gasteiger partial charge in [0.15, 0.2) is 0 Å². The zero-order valence-electron chi connectivity index (χ0n) is 58.8. The molecular formula is C80H157NO5. The van der Waals surface area contributed by atoms with Crippen molar-refractivity contribution in [2.45, 2.75) is 475 Å². The number of carbonyl (C=O) groups excluding carboxylic acids is 2. The number of esters is 1. The first-order valence-electron chi connectivity index (χ1n) is 40.0. The lowest BCUT2D eigenvalue weighted by Crippen LogP contribution is -2.45. The highest BCUT2D eigenvalue weighted by atomic mass is 16.5. The van der Waals surface area contributed by atoms with Crippen LogP contribution in [-0.4, -0.2) is 47.4 Å². The second-order valence-corrected chi connectivity index (χ2v) is 27.8. The first kappa shape index (κ1) is 84.6. The van der Waals surface area contributed by atoms with E-state index in [2.05, 4.69) is 19.2 Å². The number of aliphatic hydroxyl groups is 2. The Morgan fingerprint density at radius 1 is 0.314 bits per heavy atom. The van der Waals surface area contributed by atoms with E-state index in [9.17, 15) is 19.8 Å². The van der Waals surface area contributed by atoms with Gasteiger partial charge in [-0.1, -0.05) is 431 Å². The van der Waals surface area contributed by atoms with Gasteiger partial charge in [-0.2, -0.15) is 0 Å². The average Bonchev–Trinajstić information content (AvgIpc) is 3.54. The summed E-state index contributed by atoms with van der Waals surface area (Å²) in [6, 6.07) is -0.627. The van der Waals surface area contributed by atoms with Crippen LogP contribution in [0.1, 0.15) is 463 Å². The fourth-order valence-electron chi connectivity index (χ4n) is 13.0. The van der Waals surface area contributed by atoms with Crippen LogP contribution in [0.2, 0.25) is 0 Å². The molecule has 512 valence electrons. The third-order valence-electron chi connectivity index (χ3n) is 19.1. The highest BCUT2D eigenvalue weighted by molar-refractivity contribution is 5.76. The number of rotatable bonds is 76. The van der Waals surface area contributed by atoms with Crippen LogP contribution in [0.4, 0.5) is 0 Å². The SMILES string of the molecule is CCCCCCCCCCCCCCCCCCCCCCC/C=C/C(O)C(CO)NC(=O)CCCCCCCCCCCCCCCCCCCCCCCCCCCCCOC(=O)CCCCCCCCCCCCCCCCCCCCC. The van der Waals surface area contributed by atoms with E-state index in [4.69, 9.17) is 4.74 Å². The summed E-state index contributed by atoms with van der Waals surface area (Å²) in [5.41, 5.74) is 0. The highest BCUT2D eigenvalue weighted by Gasteiger charge is 2.18. The molecule has 0 aliphatic heterocycles. The van der Waals surface area contributed by atoms with Gasteiger partial charge < -0.3 is 20.3 Å². The van der Waals surface area contributed by atoms with E-state index < -0.39 is 12.1 Å². The molecule has 0 saturated heterocycles. The van der Waals surface area contributed by atoms with Crippen LogP contribution < -0.4 is 5.32 Å². The fraction of sp³-hybridized carbons (Fsp3) is 0.950. The molecule has 0 bridgehead atoms. The smallest absolute Gasteiger partial charge is 0.305 e. The number of carbonyl (C=O) groups is 2. The van der Waals surface area contributed by atoms with E-state index in [1.54, 1.807) is 6.08 Å². The summed E-state index contributed by atoms with van der Waals surface area (Å²) in [5, 5.41) is 23.3. The van der Waals surface area contributed by atoms with Crippen molar-refractivity contribution in [1.29, 1.82) is 0 Å². The quantitative estimate of drug-likeness (QED) is 0.0320. The average molecular weight is 1210 g/mol. The molecule has 0 rings (SSSR count). The number of aliphatic hydroxyl groups excluding tert-OH is 2. The summed E-state index contributed by atoms with van der Waals surface area (Å²) in [6.07, 6.45) is 96.2. The molecule has 0 saturated carbocycles. The minimum atomic E-state index is -0.843. The van der Waals surface area contributed by atoms with Crippen LogP contribution in [0.25, 0.3) is 0 Å². The van der Waals surface area contributed by atoms with E-state index >= 15 is 0 Å². The molecule has 3 N–H and O–H groups in total. The molecular weight excluding hydrogens is 1050 g/mol. The highest BCUT2D eigenvalue weighted by Crippen LogP contribution is 2.20. The van der Waals surface area contributed by atoms with Gasteiger partial charge in [-0.3, -0.25) is 9.59 Å². The third-order valence-corrected chi connectivity index (χ3v) is 19.1. The molecule has 0 radical (unpaired) electrons. The Morgan fingerprint density at radius 3 is 0.791 bits per heavy atom. The maximum Gasteiger partial charge on any atom is 0.305 e. The van der Waals surface area contributed by atoms with Crippen molar-refractivity contribution >= 4 is 11.9 Å². The summed E-state index contributed by atoms with van der Waals surface area (Å²) in [5.74, 6) is -0.0356. The molecule has 0 aromatic rings. The normalized spacial score (nSPS) is 12.5. The summed E-state index contributed by atoms with van der Waals surface area (Å²) in [6.45, 7) is 4.97. The van der Waals surface area contributed by atoms with Gasteiger partial charge in [0.05, 0.1) is 25.4 Å². The number of amides is 1. The summed E-state index contributed by atoms with van der Waals surface area (Å²) < 4.78 is 5.52. The van der Waals surface area contributed by atoms with E-state index in [-0.39, 0.29) is 18.5 Å². The van der Waals surface area contributed by atoms with Crippen molar-refractivity contribution in [2.75, 3.05) is 13.2 Å². The number of ether oxygens (including phenoxy) is 1. The first-order chi connectivity index (χ1) is 42.5. The third kappa shape index (κ3) is 71.7. The van der Waals surface area contributed by atoms with Gasteiger partial charge in [0.2, 0.25) is 5.91 Å². The van der Waals surface area contributed by atoms with Gasteiger partial charge in [0.1, 0.15) is 0 Å². The molecule has 0 aliphatic carbocycles. The Balaban J connectivity index is 3.35. The fourth-order valence-corrected chi connectivity index (χ4v) is 13.0. The van der Waals surface area contributed by atoms with Gasteiger partial charge >= 0.3 is 5.97 Å². The minimum Gasteiger partial charge on any atom is -0.466 e. The van der Waals surface area contributed by atoms with Crippen molar-refractivity contribution in [3.05, 3.63) is 12.2 Å². The Morgan fingerprint density at radius 2 is 0.535 bits per heavy atom. The van der Waals surface area contributed by atoms with Crippen LogP contribution >= 0.6 is 0 Å². The molecule has 2 unspecified atom stereocenters. The Hall–Kier alpha value is -1.40. The van der Waals surface area contributed by atoms with E-state index in [0.29, 0.717) is 19.4 Å². The van der Waals surface area contributed by atoms with Gasteiger partial charge in [-0.15, -0.1) is 0 Å². The lowest BCUT2D eigenvalue weighted by molar-refractivity contribution is -0.143. The summed E-state index contributed by atoms with van der Waals surface area (Å²) >= 11 is 0. The topological polar surface area (TPSA) is 95.9 Å². The lowest BCUT2D eigenvalue weighted by atomic mass is 10.0. The van der Waals surface area contributed by atoms with Gasteiger partial charge in [0.25, 0.3) is 0 Å². The monoisotopic (exact) mass is 1210 g/mol. The Bertz CT molecular complexity index is 1300. The first-order valence-corrected chi connectivity index (χ1v) is 40.0. The van der Waals surface area contributed by atoms with Gasteiger partial charge in [0, 0.05) is 12.8 Å².